The van der Waals surface area contributed by atoms with E-state index < -0.39 is 11.9 Å². The summed E-state index contributed by atoms with van der Waals surface area (Å²) < 4.78 is 13.3. The highest BCUT2D eigenvalue weighted by molar-refractivity contribution is 7.17. The number of anilines is 2. The van der Waals surface area contributed by atoms with Gasteiger partial charge in [0.25, 0.3) is 5.91 Å². The van der Waals surface area contributed by atoms with Crippen molar-refractivity contribution in [2.45, 2.75) is 19.9 Å². The summed E-state index contributed by atoms with van der Waals surface area (Å²) in [4.78, 5) is 27.9. The van der Waals surface area contributed by atoms with Crippen LogP contribution in [0.2, 0.25) is 0 Å². The summed E-state index contributed by atoms with van der Waals surface area (Å²) in [5, 5.41) is 7.58. The molecule has 2 heterocycles. The SMILES string of the molecule is CCN1CCc2c(sc(NC(=O)Nc3ccc4cc(F)ccc4c3)c2C(N)=O)C1.Cl. The number of nitrogens with zero attached hydrogens (tertiary/aromatic N) is 1. The number of nitrogens with two attached hydrogens (primary N) is 1. The van der Waals surface area contributed by atoms with Crippen molar-refractivity contribution in [1.82, 2.24) is 4.90 Å². The molecule has 0 spiro atoms. The van der Waals surface area contributed by atoms with Crippen LogP contribution in [0, 0.1) is 5.82 Å². The van der Waals surface area contributed by atoms with E-state index in [9.17, 15) is 14.0 Å². The lowest BCUT2D eigenvalue weighted by Gasteiger charge is -2.25. The Bertz CT molecular complexity index is 1120. The highest BCUT2D eigenvalue weighted by Gasteiger charge is 2.27. The predicted octanol–water partition coefficient (Wildman–Crippen LogP) is 4.58. The fourth-order valence-corrected chi connectivity index (χ4v) is 4.93. The van der Waals surface area contributed by atoms with Crippen molar-refractivity contribution in [1.29, 1.82) is 0 Å². The molecule has 4 rings (SSSR count). The Morgan fingerprint density at radius 3 is 2.63 bits per heavy atom. The van der Waals surface area contributed by atoms with Crippen LogP contribution in [-0.2, 0) is 13.0 Å². The summed E-state index contributed by atoms with van der Waals surface area (Å²) in [6.45, 7) is 4.64. The minimum absolute atomic E-state index is 0. The van der Waals surface area contributed by atoms with Crippen LogP contribution in [0.15, 0.2) is 36.4 Å². The predicted molar refractivity (Wildman–Crippen MR) is 121 cm³/mol. The second-order valence-corrected chi connectivity index (χ2v) is 8.08. The monoisotopic (exact) mass is 448 g/mol. The van der Waals surface area contributed by atoms with Crippen molar-refractivity contribution < 1.29 is 14.0 Å². The molecular formula is C21H22ClFN4O2S. The molecule has 0 atom stereocenters. The van der Waals surface area contributed by atoms with E-state index in [0.717, 1.165) is 47.3 Å². The maximum Gasteiger partial charge on any atom is 0.324 e. The zero-order valence-corrected chi connectivity index (χ0v) is 18.0. The second-order valence-electron chi connectivity index (χ2n) is 6.98. The largest absolute Gasteiger partial charge is 0.365 e. The molecule has 0 saturated carbocycles. The van der Waals surface area contributed by atoms with Crippen LogP contribution in [0.1, 0.15) is 27.7 Å². The number of amides is 3. The van der Waals surface area contributed by atoms with Gasteiger partial charge in [0.05, 0.1) is 5.56 Å². The van der Waals surface area contributed by atoms with Gasteiger partial charge in [-0.1, -0.05) is 19.1 Å². The van der Waals surface area contributed by atoms with Gasteiger partial charge >= 0.3 is 6.03 Å². The van der Waals surface area contributed by atoms with E-state index in [4.69, 9.17) is 5.73 Å². The molecule has 158 valence electrons. The Labute approximate surface area is 183 Å². The van der Waals surface area contributed by atoms with Gasteiger partial charge < -0.3 is 11.1 Å². The molecule has 0 fully saturated rings. The quantitative estimate of drug-likeness (QED) is 0.545. The van der Waals surface area contributed by atoms with E-state index >= 15 is 0 Å². The summed E-state index contributed by atoms with van der Waals surface area (Å²) in [5.41, 5.74) is 7.52. The zero-order chi connectivity index (χ0) is 20.5. The third-order valence-electron chi connectivity index (χ3n) is 5.12. The summed E-state index contributed by atoms with van der Waals surface area (Å²) in [5.74, 6) is -0.839. The number of carbonyl (C=O) groups is 2. The number of hydrogen-bond acceptors (Lipinski definition) is 4. The number of likely N-dealkylation sites (N-methyl/N-ethyl adjacent to an activating group) is 1. The smallest absolute Gasteiger partial charge is 0.324 e. The normalized spacial score (nSPS) is 13.4. The van der Waals surface area contributed by atoms with E-state index in [0.29, 0.717) is 16.3 Å². The molecule has 0 radical (unpaired) electrons. The molecule has 1 aliphatic rings. The van der Waals surface area contributed by atoms with Gasteiger partial charge in [0.15, 0.2) is 0 Å². The molecule has 30 heavy (non-hydrogen) atoms. The maximum atomic E-state index is 13.3. The van der Waals surface area contributed by atoms with Gasteiger partial charge in [0.2, 0.25) is 0 Å². The molecule has 3 aromatic rings. The number of carbonyl (C=O) groups excluding carboxylic acids is 2. The zero-order valence-electron chi connectivity index (χ0n) is 16.3. The fourth-order valence-electron chi connectivity index (χ4n) is 3.63. The highest BCUT2D eigenvalue weighted by Crippen LogP contribution is 2.37. The molecule has 6 nitrogen and oxygen atoms in total. The van der Waals surface area contributed by atoms with E-state index in [-0.39, 0.29) is 18.2 Å². The number of benzene rings is 2. The van der Waals surface area contributed by atoms with E-state index in [1.54, 1.807) is 24.3 Å². The standard InChI is InChI=1S/C21H21FN4O2S.ClH/c1-2-26-8-7-16-17(11-26)29-20(18(16)19(23)27)25-21(28)24-15-6-4-12-9-14(22)5-3-13(12)10-15;/h3-6,9-10H,2,7-8,11H2,1H3,(H2,23,27)(H2,24,25,28);1H. The van der Waals surface area contributed by atoms with Gasteiger partial charge in [-0.2, -0.15) is 0 Å². The van der Waals surface area contributed by atoms with Crippen molar-refractivity contribution in [2.75, 3.05) is 23.7 Å². The molecular weight excluding hydrogens is 427 g/mol. The van der Waals surface area contributed by atoms with Crippen LogP contribution in [0.5, 0.6) is 0 Å². The lowest BCUT2D eigenvalue weighted by molar-refractivity contribution is 0.1000. The Hall–Kier alpha value is -2.68. The molecule has 3 amide bonds. The van der Waals surface area contributed by atoms with Gasteiger partial charge in [0.1, 0.15) is 10.8 Å². The van der Waals surface area contributed by atoms with Crippen LogP contribution < -0.4 is 16.4 Å². The summed E-state index contributed by atoms with van der Waals surface area (Å²) >= 11 is 1.40. The Morgan fingerprint density at radius 2 is 1.90 bits per heavy atom. The van der Waals surface area contributed by atoms with Crippen LogP contribution in [0.3, 0.4) is 0 Å². The number of fused-ring (bicyclic) bond motifs is 2. The minimum atomic E-state index is -0.532. The molecule has 1 aromatic heterocycles. The van der Waals surface area contributed by atoms with Gasteiger partial charge in [-0.3, -0.25) is 15.0 Å². The number of nitrogens with one attached hydrogen (secondary N) is 2. The van der Waals surface area contributed by atoms with Crippen molar-refractivity contribution >= 4 is 57.1 Å². The van der Waals surface area contributed by atoms with Crippen LogP contribution in [0.4, 0.5) is 19.9 Å². The van der Waals surface area contributed by atoms with Crippen LogP contribution >= 0.6 is 23.7 Å². The molecule has 0 unspecified atom stereocenters. The Balaban J connectivity index is 0.00000256. The molecule has 0 aliphatic carbocycles. The van der Waals surface area contributed by atoms with Gasteiger partial charge in [-0.15, -0.1) is 23.7 Å². The third-order valence-corrected chi connectivity index (χ3v) is 6.25. The Morgan fingerprint density at radius 1 is 1.17 bits per heavy atom. The van der Waals surface area contributed by atoms with Crippen LogP contribution in [-0.4, -0.2) is 29.9 Å². The Kier molecular flexibility index (Phi) is 6.60. The number of thiophene rings is 1. The molecule has 2 aromatic carbocycles. The number of rotatable bonds is 4. The fraction of sp³-hybridized carbons (Fsp3) is 0.238. The summed E-state index contributed by atoms with van der Waals surface area (Å²) in [6.07, 6.45) is 0.739. The summed E-state index contributed by atoms with van der Waals surface area (Å²) in [6, 6.07) is 9.23. The first-order valence-corrected chi connectivity index (χ1v) is 10.2. The lowest BCUT2D eigenvalue weighted by Crippen LogP contribution is -2.30. The van der Waals surface area contributed by atoms with Gasteiger partial charge in [-0.05, 0) is 53.6 Å². The van der Waals surface area contributed by atoms with Crippen molar-refractivity contribution in [3.8, 4) is 0 Å². The van der Waals surface area contributed by atoms with Gasteiger partial charge in [0, 0.05) is 23.7 Å². The van der Waals surface area contributed by atoms with E-state index in [1.807, 2.05) is 0 Å². The first-order chi connectivity index (χ1) is 13.9. The number of hydrogen-bond donors (Lipinski definition) is 3. The van der Waals surface area contributed by atoms with Crippen molar-refractivity contribution in [3.05, 3.63) is 58.2 Å². The molecule has 4 N–H and O–H groups in total. The average molecular weight is 449 g/mol. The van der Waals surface area contributed by atoms with E-state index in [1.165, 1.54) is 23.5 Å². The number of urea groups is 1. The summed E-state index contributed by atoms with van der Waals surface area (Å²) in [7, 11) is 0. The molecule has 1 aliphatic heterocycles. The van der Waals surface area contributed by atoms with Crippen molar-refractivity contribution in [3.63, 3.8) is 0 Å². The van der Waals surface area contributed by atoms with Crippen LogP contribution in [0.25, 0.3) is 10.8 Å². The molecule has 9 heteroatoms. The molecule has 0 saturated heterocycles. The van der Waals surface area contributed by atoms with Gasteiger partial charge in [-0.25, -0.2) is 9.18 Å². The average Bonchev–Trinajstić information content (AvgIpc) is 3.04. The highest BCUT2D eigenvalue weighted by atomic mass is 35.5. The number of halogens is 2. The van der Waals surface area contributed by atoms with Crippen molar-refractivity contribution in [2.24, 2.45) is 5.73 Å². The van der Waals surface area contributed by atoms with E-state index in [2.05, 4.69) is 22.5 Å². The third kappa shape index (κ3) is 4.40. The lowest BCUT2D eigenvalue weighted by atomic mass is 10.0. The first kappa shape index (κ1) is 22.0. The molecule has 0 bridgehead atoms. The minimum Gasteiger partial charge on any atom is -0.365 e. The second kappa shape index (κ2) is 8.99. The first-order valence-electron chi connectivity index (χ1n) is 9.38. The topological polar surface area (TPSA) is 87.5 Å². The number of primary amides is 1. The maximum absolute atomic E-state index is 13.3.